The zero-order chi connectivity index (χ0) is 18.4. The third kappa shape index (κ3) is 4.63. The molecule has 0 atom stereocenters. The Hall–Kier alpha value is -2.74. The molecule has 0 unspecified atom stereocenters. The molecule has 0 saturated carbocycles. The van der Waals surface area contributed by atoms with E-state index in [9.17, 15) is 13.6 Å². The van der Waals surface area contributed by atoms with Crippen molar-refractivity contribution in [1.29, 1.82) is 0 Å². The lowest BCUT2D eigenvalue weighted by molar-refractivity contribution is 0.0991. The summed E-state index contributed by atoms with van der Waals surface area (Å²) in [5.41, 5.74) is 5.66. The highest BCUT2D eigenvalue weighted by Crippen LogP contribution is 2.21. The molecule has 25 heavy (non-hydrogen) atoms. The molecule has 0 radical (unpaired) electrons. The molecule has 130 valence electrons. The lowest BCUT2D eigenvalue weighted by atomic mass is 10.2. The van der Waals surface area contributed by atoms with E-state index < -0.39 is 28.9 Å². The Morgan fingerprint density at radius 3 is 2.40 bits per heavy atom. The van der Waals surface area contributed by atoms with Crippen LogP contribution in [0, 0.1) is 11.6 Å². The normalized spacial score (nSPS) is 10.0. The van der Waals surface area contributed by atoms with Crippen molar-refractivity contribution in [2.75, 3.05) is 0 Å². The zero-order valence-electron chi connectivity index (χ0n) is 12.7. The van der Waals surface area contributed by atoms with Crippen LogP contribution in [0.25, 0.3) is 11.5 Å². The number of phenols is 1. The van der Waals surface area contributed by atoms with Crippen LogP contribution in [0.1, 0.15) is 16.1 Å². The van der Waals surface area contributed by atoms with E-state index in [1.807, 2.05) is 30.3 Å². The molecule has 0 aliphatic heterocycles. The number of rotatable bonds is 3. The predicted molar refractivity (Wildman–Crippen MR) is 91.1 cm³/mol. The minimum atomic E-state index is -1.33. The van der Waals surface area contributed by atoms with Gasteiger partial charge in [0.05, 0.1) is 5.69 Å². The number of phenolic OH excluding ortho intramolecular Hbond substituents is 1. The lowest BCUT2D eigenvalue weighted by Gasteiger charge is -2.00. The van der Waals surface area contributed by atoms with Gasteiger partial charge in [0.15, 0.2) is 11.6 Å². The number of hydrogen-bond donors (Lipinski definition) is 2. The Morgan fingerprint density at radius 1 is 1.20 bits per heavy atom. The average Bonchev–Trinajstić information content (AvgIpc) is 3.09. The molecule has 5 nitrogen and oxygen atoms in total. The number of hydrogen-bond acceptors (Lipinski definition) is 4. The van der Waals surface area contributed by atoms with Crippen LogP contribution in [0.3, 0.4) is 0 Å². The molecule has 1 aromatic heterocycles. The number of carbonyl (C=O) groups excluding carboxylic acids is 1. The number of amides is 1. The maximum absolute atomic E-state index is 12.7. The smallest absolute Gasteiger partial charge is 0.254 e. The van der Waals surface area contributed by atoms with E-state index in [1.54, 1.807) is 6.26 Å². The number of aromatic hydroxyl groups is 1. The molecular weight excluding hydrogens is 398 g/mol. The van der Waals surface area contributed by atoms with Gasteiger partial charge < -0.3 is 15.3 Å². The number of oxazole rings is 1. The number of carbonyl (C=O) groups is 1. The summed E-state index contributed by atoms with van der Waals surface area (Å²) in [7, 11) is 0. The van der Waals surface area contributed by atoms with Crippen molar-refractivity contribution in [3.05, 3.63) is 71.6 Å². The third-order valence-corrected chi connectivity index (χ3v) is 3.60. The lowest BCUT2D eigenvalue weighted by Crippen LogP contribution is -2.15. The maximum atomic E-state index is 12.7. The molecule has 3 N–H and O–H groups in total. The first kappa shape index (κ1) is 18.6. The molecule has 0 aliphatic rings. The van der Waals surface area contributed by atoms with Crippen LogP contribution in [0.5, 0.6) is 5.75 Å². The highest BCUT2D eigenvalue weighted by Gasteiger charge is 2.17. The average molecular weight is 411 g/mol. The first-order valence-corrected chi connectivity index (χ1v) is 8.08. The minimum Gasteiger partial charge on any atom is -0.505 e. The van der Waals surface area contributed by atoms with Gasteiger partial charge in [0, 0.05) is 10.9 Å². The van der Waals surface area contributed by atoms with Gasteiger partial charge in [-0.05, 0) is 24.3 Å². The van der Waals surface area contributed by atoms with Crippen molar-refractivity contribution in [1.82, 2.24) is 4.98 Å². The highest BCUT2D eigenvalue weighted by atomic mass is 79.9. The van der Waals surface area contributed by atoms with Crippen molar-refractivity contribution in [3.63, 3.8) is 0 Å². The quantitative estimate of drug-likeness (QED) is 0.638. The van der Waals surface area contributed by atoms with Crippen molar-refractivity contribution < 1.29 is 23.1 Å². The van der Waals surface area contributed by atoms with Gasteiger partial charge in [-0.15, -0.1) is 0 Å². The van der Waals surface area contributed by atoms with E-state index in [2.05, 4.69) is 26.6 Å². The third-order valence-electron chi connectivity index (χ3n) is 3.03. The number of nitrogens with two attached hydrogens (primary N) is 1. The van der Waals surface area contributed by atoms with Gasteiger partial charge in [-0.25, -0.2) is 13.8 Å². The molecule has 1 heterocycles. The van der Waals surface area contributed by atoms with Crippen LogP contribution < -0.4 is 5.73 Å². The van der Waals surface area contributed by atoms with Crippen LogP contribution >= 0.6 is 15.9 Å². The van der Waals surface area contributed by atoms with E-state index in [0.717, 1.165) is 28.7 Å². The fraction of sp³-hybridized carbons (Fsp3) is 0.0588. The molecule has 0 aliphatic carbocycles. The Balaban J connectivity index is 0.000000181. The SMILES string of the molecule is BrCc1coc(-c2ccccc2)n1.NC(=O)c1c(F)ccc(O)c1F. The number of nitrogens with zero attached hydrogens (tertiary/aromatic N) is 1. The number of halogens is 3. The van der Waals surface area contributed by atoms with Crippen LogP contribution in [0.4, 0.5) is 8.78 Å². The molecule has 3 rings (SSSR count). The first-order valence-electron chi connectivity index (χ1n) is 6.96. The van der Waals surface area contributed by atoms with E-state index in [1.165, 1.54) is 0 Å². The van der Waals surface area contributed by atoms with Crippen molar-refractivity contribution in [3.8, 4) is 17.2 Å². The summed E-state index contributed by atoms with van der Waals surface area (Å²) >= 11 is 3.32. The Labute approximate surface area is 150 Å². The van der Waals surface area contributed by atoms with E-state index in [0.29, 0.717) is 5.89 Å². The number of benzene rings is 2. The first-order chi connectivity index (χ1) is 11.9. The number of primary amides is 1. The molecule has 0 bridgehead atoms. The van der Waals surface area contributed by atoms with Gasteiger partial charge in [-0.3, -0.25) is 4.79 Å². The summed E-state index contributed by atoms with van der Waals surface area (Å²) < 4.78 is 30.7. The van der Waals surface area contributed by atoms with Gasteiger partial charge in [-0.2, -0.15) is 0 Å². The van der Waals surface area contributed by atoms with Gasteiger partial charge in [0.1, 0.15) is 17.6 Å². The van der Waals surface area contributed by atoms with Crippen LogP contribution in [0.15, 0.2) is 53.1 Å². The van der Waals surface area contributed by atoms with E-state index in [-0.39, 0.29) is 0 Å². The van der Waals surface area contributed by atoms with Crippen molar-refractivity contribution in [2.24, 2.45) is 5.73 Å². The number of alkyl halides is 1. The van der Waals surface area contributed by atoms with Crippen LogP contribution in [0.2, 0.25) is 0 Å². The molecule has 2 aromatic carbocycles. The Kier molecular flexibility index (Phi) is 6.24. The fourth-order valence-corrected chi connectivity index (χ4v) is 2.11. The van der Waals surface area contributed by atoms with Crippen LogP contribution in [-0.2, 0) is 5.33 Å². The molecule has 0 saturated heterocycles. The van der Waals surface area contributed by atoms with Gasteiger partial charge in [0.25, 0.3) is 5.91 Å². The van der Waals surface area contributed by atoms with E-state index >= 15 is 0 Å². The molecule has 1 amide bonds. The topological polar surface area (TPSA) is 89.4 Å². The predicted octanol–water partition coefficient (Wildman–Crippen LogP) is 4.01. The van der Waals surface area contributed by atoms with Gasteiger partial charge in [-0.1, -0.05) is 34.1 Å². The van der Waals surface area contributed by atoms with E-state index in [4.69, 9.17) is 9.52 Å². The highest BCUT2D eigenvalue weighted by molar-refractivity contribution is 9.08. The maximum Gasteiger partial charge on any atom is 0.254 e. The summed E-state index contributed by atoms with van der Waals surface area (Å²) in [6.45, 7) is 0. The van der Waals surface area contributed by atoms with Crippen molar-refractivity contribution in [2.45, 2.75) is 5.33 Å². The van der Waals surface area contributed by atoms with Gasteiger partial charge in [0.2, 0.25) is 5.89 Å². The Morgan fingerprint density at radius 2 is 1.88 bits per heavy atom. The largest absolute Gasteiger partial charge is 0.505 e. The molecular formula is C17H13BrF2N2O3. The summed E-state index contributed by atoms with van der Waals surface area (Å²) in [4.78, 5) is 14.7. The number of aromatic nitrogens is 1. The fourth-order valence-electron chi connectivity index (χ4n) is 1.85. The zero-order valence-corrected chi connectivity index (χ0v) is 14.3. The van der Waals surface area contributed by atoms with Gasteiger partial charge >= 0.3 is 0 Å². The molecule has 0 fully saturated rings. The Bertz CT molecular complexity index is 870. The summed E-state index contributed by atoms with van der Waals surface area (Å²) in [5.74, 6) is -3.79. The van der Waals surface area contributed by atoms with Crippen molar-refractivity contribution >= 4 is 21.8 Å². The molecule has 8 heteroatoms. The second kappa shape index (κ2) is 8.39. The monoisotopic (exact) mass is 410 g/mol. The summed E-state index contributed by atoms with van der Waals surface area (Å²) in [6.07, 6.45) is 1.66. The minimum absolute atomic E-state index is 0.676. The molecule has 0 spiro atoms. The molecule has 3 aromatic rings. The second-order valence-electron chi connectivity index (χ2n) is 4.76. The standard InChI is InChI=1S/C10H8BrNO.C7H5F2NO2/c11-6-9-7-13-10(12-9)8-4-2-1-3-5-8;8-3-1-2-4(11)6(9)5(3)7(10)12/h1-5,7H,6H2;1-2,11H,(H2,10,12). The summed E-state index contributed by atoms with van der Waals surface area (Å²) in [5, 5.41) is 9.45. The summed E-state index contributed by atoms with van der Waals surface area (Å²) in [6, 6.07) is 11.4. The second-order valence-corrected chi connectivity index (χ2v) is 5.32. The van der Waals surface area contributed by atoms with Crippen LogP contribution in [-0.4, -0.2) is 16.0 Å².